The zero-order valence-electron chi connectivity index (χ0n) is 12.9. The van der Waals surface area contributed by atoms with E-state index < -0.39 is 0 Å². The molecule has 0 bridgehead atoms. The molecule has 2 aromatic rings. The van der Waals surface area contributed by atoms with Crippen molar-refractivity contribution in [2.75, 3.05) is 7.11 Å². The van der Waals surface area contributed by atoms with Crippen molar-refractivity contribution < 1.29 is 4.74 Å². The summed E-state index contributed by atoms with van der Waals surface area (Å²) in [7, 11) is 1.75. The Morgan fingerprint density at radius 2 is 1.38 bits per heavy atom. The summed E-state index contributed by atoms with van der Waals surface area (Å²) >= 11 is 0. The fraction of sp³-hybridized carbons (Fsp3) is 0.316. The molecule has 2 atom stereocenters. The van der Waals surface area contributed by atoms with Gasteiger partial charge in [0.05, 0.1) is 0 Å². The lowest BCUT2D eigenvalue weighted by atomic mass is 9.96. The lowest BCUT2D eigenvalue weighted by molar-refractivity contribution is 0.0809. The number of ether oxygens (including phenoxy) is 1. The zero-order valence-corrected chi connectivity index (χ0v) is 12.9. The fourth-order valence-corrected chi connectivity index (χ4v) is 2.34. The Labute approximate surface area is 127 Å². The van der Waals surface area contributed by atoms with Gasteiger partial charge in [0.25, 0.3) is 0 Å². The maximum Gasteiger partial charge on any atom is 0.109 e. The van der Waals surface area contributed by atoms with Crippen LogP contribution in [0, 0.1) is 5.92 Å². The van der Waals surface area contributed by atoms with E-state index in [4.69, 9.17) is 9.73 Å². The third-order valence-electron chi connectivity index (χ3n) is 3.35. The van der Waals surface area contributed by atoms with Gasteiger partial charge in [-0.1, -0.05) is 74.5 Å². The first-order valence-electron chi connectivity index (χ1n) is 7.38. The molecule has 0 aliphatic carbocycles. The Kier molecular flexibility index (Phi) is 5.70. The van der Waals surface area contributed by atoms with Crippen LogP contribution in [0.1, 0.15) is 37.1 Å². The van der Waals surface area contributed by atoms with Gasteiger partial charge in [-0.2, -0.15) is 0 Å². The molecule has 0 unspecified atom stereocenters. The van der Waals surface area contributed by atoms with Gasteiger partial charge < -0.3 is 4.74 Å². The van der Waals surface area contributed by atoms with Crippen LogP contribution in [0.3, 0.4) is 0 Å². The first-order chi connectivity index (χ1) is 10.2. The normalized spacial score (nSPS) is 14.5. The first kappa shape index (κ1) is 15.5. The van der Waals surface area contributed by atoms with Gasteiger partial charge in [0.15, 0.2) is 0 Å². The van der Waals surface area contributed by atoms with Crippen LogP contribution in [-0.2, 0) is 4.74 Å². The Morgan fingerprint density at radius 3 is 1.86 bits per heavy atom. The predicted octanol–water partition coefficient (Wildman–Crippen LogP) is 4.84. The van der Waals surface area contributed by atoms with E-state index in [2.05, 4.69) is 38.1 Å². The Hall–Kier alpha value is -1.93. The highest BCUT2D eigenvalue weighted by Gasteiger charge is 2.23. The van der Waals surface area contributed by atoms with Gasteiger partial charge in [0.2, 0.25) is 0 Å². The standard InChI is InChI=1S/C19H23NO/c1-15(2)14-20-18(16-10-6-4-7-11-16)19(21-3)17-12-8-5-9-13-17/h4-15,18-19H,1-3H3/t18-,19+/m1/s1. The average Bonchev–Trinajstić information content (AvgIpc) is 2.53. The highest BCUT2D eigenvalue weighted by molar-refractivity contribution is 5.60. The third-order valence-corrected chi connectivity index (χ3v) is 3.35. The molecule has 0 N–H and O–H groups in total. The van der Waals surface area contributed by atoms with Crippen LogP contribution in [0.4, 0.5) is 0 Å². The molecule has 0 heterocycles. The molecule has 0 amide bonds. The second-order valence-electron chi connectivity index (χ2n) is 5.46. The van der Waals surface area contributed by atoms with Crippen LogP contribution in [0.5, 0.6) is 0 Å². The molecule has 0 aliphatic heterocycles. The molecule has 2 aromatic carbocycles. The number of hydrogen-bond acceptors (Lipinski definition) is 2. The SMILES string of the molecule is CO[C@@H](c1ccccc1)[C@H](N=CC(C)C)c1ccccc1. The fourth-order valence-electron chi connectivity index (χ4n) is 2.34. The molecule has 0 aliphatic rings. The summed E-state index contributed by atoms with van der Waals surface area (Å²) in [6, 6.07) is 20.6. The highest BCUT2D eigenvalue weighted by Crippen LogP contribution is 2.34. The van der Waals surface area contributed by atoms with Gasteiger partial charge in [-0.15, -0.1) is 0 Å². The number of methoxy groups -OCH3 is 1. The molecule has 21 heavy (non-hydrogen) atoms. The monoisotopic (exact) mass is 281 g/mol. The summed E-state index contributed by atoms with van der Waals surface area (Å²) in [6.07, 6.45) is 1.93. The first-order valence-corrected chi connectivity index (χ1v) is 7.38. The minimum Gasteiger partial charge on any atom is -0.374 e. The van der Waals surface area contributed by atoms with E-state index in [1.165, 1.54) is 5.56 Å². The van der Waals surface area contributed by atoms with Crippen molar-refractivity contribution in [3.8, 4) is 0 Å². The van der Waals surface area contributed by atoms with Crippen molar-refractivity contribution in [2.24, 2.45) is 10.9 Å². The van der Waals surface area contributed by atoms with Crippen LogP contribution in [0.25, 0.3) is 0 Å². The number of rotatable bonds is 6. The lowest BCUT2D eigenvalue weighted by Crippen LogP contribution is -2.12. The van der Waals surface area contributed by atoms with E-state index in [1.807, 2.05) is 42.6 Å². The largest absolute Gasteiger partial charge is 0.374 e. The molecule has 0 fully saturated rings. The van der Waals surface area contributed by atoms with E-state index in [1.54, 1.807) is 7.11 Å². The van der Waals surface area contributed by atoms with Crippen molar-refractivity contribution in [3.63, 3.8) is 0 Å². The highest BCUT2D eigenvalue weighted by atomic mass is 16.5. The van der Waals surface area contributed by atoms with Crippen LogP contribution in [0.15, 0.2) is 65.7 Å². The molecule has 0 spiro atoms. The second-order valence-corrected chi connectivity index (χ2v) is 5.46. The molecule has 0 radical (unpaired) electrons. The van der Waals surface area contributed by atoms with Crippen molar-refractivity contribution in [3.05, 3.63) is 71.8 Å². The van der Waals surface area contributed by atoms with Gasteiger partial charge in [0, 0.05) is 13.3 Å². The minimum atomic E-state index is -0.0800. The molecule has 0 aromatic heterocycles. The second kappa shape index (κ2) is 7.75. The van der Waals surface area contributed by atoms with Crippen LogP contribution < -0.4 is 0 Å². The minimum absolute atomic E-state index is 0.0269. The van der Waals surface area contributed by atoms with Crippen molar-refractivity contribution in [1.29, 1.82) is 0 Å². The quantitative estimate of drug-likeness (QED) is 0.694. The number of aliphatic imine (C=N–C) groups is 1. The molecular formula is C19H23NO. The molecule has 110 valence electrons. The van der Waals surface area contributed by atoms with E-state index in [0.717, 1.165) is 5.56 Å². The number of hydrogen-bond donors (Lipinski definition) is 0. The van der Waals surface area contributed by atoms with Gasteiger partial charge in [0.1, 0.15) is 12.1 Å². The van der Waals surface area contributed by atoms with E-state index in [-0.39, 0.29) is 12.1 Å². The maximum atomic E-state index is 5.77. The summed E-state index contributed by atoms with van der Waals surface area (Å²) < 4.78 is 5.77. The van der Waals surface area contributed by atoms with Crippen molar-refractivity contribution in [1.82, 2.24) is 0 Å². The van der Waals surface area contributed by atoms with Crippen molar-refractivity contribution >= 4 is 6.21 Å². The maximum absolute atomic E-state index is 5.77. The molecule has 0 saturated carbocycles. The lowest BCUT2D eigenvalue weighted by Gasteiger charge is -2.24. The van der Waals surface area contributed by atoms with Gasteiger partial charge >= 0.3 is 0 Å². The topological polar surface area (TPSA) is 21.6 Å². The van der Waals surface area contributed by atoms with Gasteiger partial charge in [-0.25, -0.2) is 0 Å². The van der Waals surface area contributed by atoms with Crippen LogP contribution in [0.2, 0.25) is 0 Å². The van der Waals surface area contributed by atoms with Gasteiger partial charge in [-0.05, 0) is 17.0 Å². The number of nitrogens with zero attached hydrogens (tertiary/aromatic N) is 1. The summed E-state index contributed by atoms with van der Waals surface area (Å²) in [6.45, 7) is 4.27. The predicted molar refractivity (Wildman–Crippen MR) is 88.7 cm³/mol. The van der Waals surface area contributed by atoms with E-state index in [9.17, 15) is 0 Å². The van der Waals surface area contributed by atoms with E-state index >= 15 is 0 Å². The number of benzene rings is 2. The Morgan fingerprint density at radius 1 is 0.857 bits per heavy atom. The molecule has 2 heteroatoms. The van der Waals surface area contributed by atoms with Crippen LogP contribution in [-0.4, -0.2) is 13.3 Å². The third kappa shape index (κ3) is 4.27. The summed E-state index contributed by atoms with van der Waals surface area (Å²) in [5.74, 6) is 0.421. The molecule has 2 rings (SSSR count). The molecule has 2 nitrogen and oxygen atoms in total. The summed E-state index contributed by atoms with van der Waals surface area (Å²) in [5, 5.41) is 0. The zero-order chi connectivity index (χ0) is 15.1. The Balaban J connectivity index is 2.38. The van der Waals surface area contributed by atoms with E-state index in [0.29, 0.717) is 5.92 Å². The smallest absolute Gasteiger partial charge is 0.109 e. The summed E-state index contributed by atoms with van der Waals surface area (Å²) in [5.41, 5.74) is 2.32. The van der Waals surface area contributed by atoms with Crippen LogP contribution >= 0.6 is 0 Å². The summed E-state index contributed by atoms with van der Waals surface area (Å²) in [4.78, 5) is 4.79. The molecule has 0 saturated heterocycles. The van der Waals surface area contributed by atoms with Crippen molar-refractivity contribution in [2.45, 2.75) is 26.0 Å². The Bertz CT molecular complexity index is 548. The van der Waals surface area contributed by atoms with Gasteiger partial charge in [-0.3, -0.25) is 4.99 Å². The molecular weight excluding hydrogens is 258 g/mol. The average molecular weight is 281 g/mol.